The predicted octanol–water partition coefficient (Wildman–Crippen LogP) is 1.93. The van der Waals surface area contributed by atoms with E-state index in [1.165, 1.54) is 6.92 Å². The largest absolute Gasteiger partial charge is 0.349 e. The van der Waals surface area contributed by atoms with Gasteiger partial charge in [0.2, 0.25) is 5.91 Å². The average Bonchev–Trinajstić information content (AvgIpc) is 2.52. The van der Waals surface area contributed by atoms with Gasteiger partial charge in [-0.25, -0.2) is 0 Å². The highest BCUT2D eigenvalue weighted by atomic mass is 16.2. The van der Waals surface area contributed by atoms with E-state index >= 15 is 0 Å². The number of aryl methyl sites for hydroxylation is 1. The van der Waals surface area contributed by atoms with Gasteiger partial charge in [-0.05, 0) is 37.2 Å². The fourth-order valence-electron chi connectivity index (χ4n) is 2.21. The first-order chi connectivity index (χ1) is 11.0. The van der Waals surface area contributed by atoms with Crippen LogP contribution in [0.15, 0.2) is 30.0 Å². The third-order valence-electron chi connectivity index (χ3n) is 3.65. The number of rotatable bonds is 8. The predicted molar refractivity (Wildman–Crippen MR) is 93.8 cm³/mol. The number of amides is 2. The van der Waals surface area contributed by atoms with Gasteiger partial charge in [-0.1, -0.05) is 38.1 Å². The van der Waals surface area contributed by atoms with Crippen LogP contribution in [0.4, 0.5) is 0 Å². The minimum absolute atomic E-state index is 0.260. The summed E-state index contributed by atoms with van der Waals surface area (Å²) in [6.07, 6.45) is 1.71. The molecule has 0 aliphatic heterocycles. The lowest BCUT2D eigenvalue weighted by Crippen LogP contribution is -2.38. The van der Waals surface area contributed by atoms with Gasteiger partial charge in [0.15, 0.2) is 0 Å². The van der Waals surface area contributed by atoms with E-state index in [1.807, 2.05) is 31.2 Å². The zero-order chi connectivity index (χ0) is 17.2. The molecule has 2 N–H and O–H groups in total. The Morgan fingerprint density at radius 2 is 1.83 bits per heavy atom. The van der Waals surface area contributed by atoms with Crippen molar-refractivity contribution in [1.82, 2.24) is 15.5 Å². The van der Waals surface area contributed by atoms with Gasteiger partial charge >= 0.3 is 0 Å². The quantitative estimate of drug-likeness (QED) is 0.720. The summed E-state index contributed by atoms with van der Waals surface area (Å²) < 4.78 is 0. The molecule has 2 amide bonds. The summed E-state index contributed by atoms with van der Waals surface area (Å²) in [7, 11) is 0. The zero-order valence-electron chi connectivity index (χ0n) is 14.5. The topological polar surface area (TPSA) is 61.4 Å². The lowest BCUT2D eigenvalue weighted by atomic mass is 10.1. The molecule has 5 heteroatoms. The molecule has 126 valence electrons. The van der Waals surface area contributed by atoms with Crippen LogP contribution < -0.4 is 10.6 Å². The Morgan fingerprint density at radius 3 is 2.39 bits per heavy atom. The van der Waals surface area contributed by atoms with Crippen LogP contribution in [0.3, 0.4) is 0 Å². The number of carbonyl (C=O) groups is 2. The molecule has 0 atom stereocenters. The Bertz CT molecular complexity index is 563. The first-order valence-electron chi connectivity index (χ1n) is 8.03. The van der Waals surface area contributed by atoms with Crippen LogP contribution >= 0.6 is 0 Å². The van der Waals surface area contributed by atoms with Crippen molar-refractivity contribution in [1.29, 1.82) is 0 Å². The highest BCUT2D eigenvalue weighted by Crippen LogP contribution is 2.11. The number of nitrogens with zero attached hydrogens (tertiary/aromatic N) is 1. The molecule has 1 aromatic carbocycles. The number of carbonyl (C=O) groups excluding carboxylic acids is 2. The Balaban J connectivity index is 2.79. The van der Waals surface area contributed by atoms with E-state index in [-0.39, 0.29) is 17.5 Å². The van der Waals surface area contributed by atoms with E-state index in [9.17, 15) is 9.59 Å². The highest BCUT2D eigenvalue weighted by molar-refractivity contribution is 6.01. The van der Waals surface area contributed by atoms with Gasteiger partial charge < -0.3 is 15.5 Å². The van der Waals surface area contributed by atoms with E-state index in [0.717, 1.165) is 30.8 Å². The number of hydrogen-bond donors (Lipinski definition) is 2. The summed E-state index contributed by atoms with van der Waals surface area (Å²) >= 11 is 0. The van der Waals surface area contributed by atoms with Crippen LogP contribution in [-0.2, 0) is 9.59 Å². The van der Waals surface area contributed by atoms with Gasteiger partial charge in [-0.2, -0.15) is 0 Å². The van der Waals surface area contributed by atoms with Crippen molar-refractivity contribution in [3.63, 3.8) is 0 Å². The Labute approximate surface area is 138 Å². The van der Waals surface area contributed by atoms with Crippen molar-refractivity contribution in [2.45, 2.75) is 27.7 Å². The van der Waals surface area contributed by atoms with Crippen LogP contribution in [0.2, 0.25) is 0 Å². The first kappa shape index (κ1) is 18.9. The van der Waals surface area contributed by atoms with Gasteiger partial charge in [0, 0.05) is 20.0 Å². The van der Waals surface area contributed by atoms with Gasteiger partial charge in [-0.15, -0.1) is 0 Å². The van der Waals surface area contributed by atoms with Crippen LogP contribution in [-0.4, -0.2) is 42.9 Å². The van der Waals surface area contributed by atoms with Gasteiger partial charge in [0.25, 0.3) is 5.91 Å². The lowest BCUT2D eigenvalue weighted by Gasteiger charge is -2.18. The van der Waals surface area contributed by atoms with Crippen LogP contribution in [0.5, 0.6) is 0 Å². The maximum atomic E-state index is 12.3. The van der Waals surface area contributed by atoms with Crippen LogP contribution in [0, 0.1) is 6.92 Å². The van der Waals surface area contributed by atoms with Gasteiger partial charge in [0.1, 0.15) is 5.70 Å². The molecule has 0 fully saturated rings. The van der Waals surface area contributed by atoms with Gasteiger partial charge in [-0.3, -0.25) is 9.59 Å². The van der Waals surface area contributed by atoms with Gasteiger partial charge in [0.05, 0.1) is 0 Å². The fraction of sp³-hybridized carbons (Fsp3) is 0.444. The summed E-state index contributed by atoms with van der Waals surface area (Å²) in [5.74, 6) is -0.528. The molecule has 0 aliphatic carbocycles. The first-order valence-corrected chi connectivity index (χ1v) is 8.03. The summed E-state index contributed by atoms with van der Waals surface area (Å²) in [4.78, 5) is 25.9. The standard InChI is InChI=1S/C18H27N3O2/c1-5-21(6-2)12-11-19-18(23)17(20-15(4)22)13-16-10-8-7-9-14(16)3/h7-10,13H,5-6,11-12H2,1-4H3,(H,19,23)(H,20,22)/b17-13+. The second kappa shape index (κ2) is 9.79. The maximum Gasteiger partial charge on any atom is 0.267 e. The average molecular weight is 317 g/mol. The smallest absolute Gasteiger partial charge is 0.267 e. The third kappa shape index (κ3) is 6.65. The van der Waals surface area contributed by atoms with Crippen LogP contribution in [0.25, 0.3) is 6.08 Å². The summed E-state index contributed by atoms with van der Waals surface area (Å²) in [6.45, 7) is 10.8. The molecule has 0 aromatic heterocycles. The minimum Gasteiger partial charge on any atom is -0.349 e. The van der Waals surface area contributed by atoms with Crippen molar-refractivity contribution >= 4 is 17.9 Å². The number of benzene rings is 1. The highest BCUT2D eigenvalue weighted by Gasteiger charge is 2.11. The van der Waals surface area contributed by atoms with Crippen molar-refractivity contribution in [2.24, 2.45) is 0 Å². The summed E-state index contributed by atoms with van der Waals surface area (Å²) in [6, 6.07) is 7.73. The monoisotopic (exact) mass is 317 g/mol. The van der Waals surface area contributed by atoms with Crippen LogP contribution in [0.1, 0.15) is 31.9 Å². The Morgan fingerprint density at radius 1 is 1.17 bits per heavy atom. The lowest BCUT2D eigenvalue weighted by molar-refractivity contribution is -0.122. The number of hydrogen-bond acceptors (Lipinski definition) is 3. The molecule has 0 unspecified atom stereocenters. The molecule has 1 rings (SSSR count). The third-order valence-corrected chi connectivity index (χ3v) is 3.65. The Hall–Kier alpha value is -2.14. The van der Waals surface area contributed by atoms with Crippen molar-refractivity contribution in [3.05, 3.63) is 41.1 Å². The molecule has 23 heavy (non-hydrogen) atoms. The molecule has 0 aliphatic rings. The SMILES string of the molecule is CCN(CC)CCNC(=O)/C(=C\c1ccccc1C)NC(C)=O. The van der Waals surface area contributed by atoms with Crippen molar-refractivity contribution < 1.29 is 9.59 Å². The molecule has 5 nitrogen and oxygen atoms in total. The zero-order valence-corrected chi connectivity index (χ0v) is 14.5. The number of likely N-dealkylation sites (N-methyl/N-ethyl adjacent to an activating group) is 1. The molecule has 0 spiro atoms. The minimum atomic E-state index is -0.268. The van der Waals surface area contributed by atoms with E-state index in [4.69, 9.17) is 0 Å². The molecule has 0 saturated heterocycles. The van der Waals surface area contributed by atoms with Crippen molar-refractivity contribution in [2.75, 3.05) is 26.2 Å². The molecular formula is C18H27N3O2. The second-order valence-corrected chi connectivity index (χ2v) is 5.38. The van der Waals surface area contributed by atoms with Crippen molar-refractivity contribution in [3.8, 4) is 0 Å². The second-order valence-electron chi connectivity index (χ2n) is 5.38. The van der Waals surface area contributed by atoms with E-state index in [2.05, 4.69) is 29.4 Å². The molecule has 1 aromatic rings. The molecular weight excluding hydrogens is 290 g/mol. The number of nitrogens with one attached hydrogen (secondary N) is 2. The molecule has 0 radical (unpaired) electrons. The Kier molecular flexibility index (Phi) is 8.05. The normalized spacial score (nSPS) is 11.4. The molecule has 0 saturated carbocycles. The summed E-state index contributed by atoms with van der Waals surface area (Å²) in [5.41, 5.74) is 2.23. The molecule has 0 bridgehead atoms. The summed E-state index contributed by atoms with van der Waals surface area (Å²) in [5, 5.41) is 5.48. The van der Waals surface area contributed by atoms with E-state index in [1.54, 1.807) is 6.08 Å². The molecule has 0 heterocycles. The fourth-order valence-corrected chi connectivity index (χ4v) is 2.21. The van der Waals surface area contributed by atoms with E-state index < -0.39 is 0 Å². The van der Waals surface area contributed by atoms with E-state index in [0.29, 0.717) is 6.54 Å². The maximum absolute atomic E-state index is 12.3.